The molecule has 2 aliphatic heterocycles. The molecule has 6 heteroatoms. The number of aromatic nitrogens is 1. The number of hydrogen-bond donors (Lipinski definition) is 0. The molecule has 26 heavy (non-hydrogen) atoms. The van der Waals surface area contributed by atoms with E-state index in [4.69, 9.17) is 4.74 Å². The molecule has 1 saturated heterocycles. The van der Waals surface area contributed by atoms with Gasteiger partial charge in [0.1, 0.15) is 12.1 Å². The first-order valence-electron chi connectivity index (χ1n) is 8.96. The van der Waals surface area contributed by atoms with Crippen LogP contribution in [0.3, 0.4) is 0 Å². The summed E-state index contributed by atoms with van der Waals surface area (Å²) in [6.07, 6.45) is 4.78. The molecule has 1 aromatic carbocycles. The number of amides is 2. The number of fused-ring (bicyclic) bond motifs is 2. The van der Waals surface area contributed by atoms with Crippen LogP contribution in [0.2, 0.25) is 0 Å². The van der Waals surface area contributed by atoms with E-state index < -0.39 is 0 Å². The van der Waals surface area contributed by atoms with Crippen LogP contribution in [0.1, 0.15) is 35.2 Å². The normalized spacial score (nSPS) is 16.4. The van der Waals surface area contributed by atoms with Crippen LogP contribution in [0, 0.1) is 6.92 Å². The summed E-state index contributed by atoms with van der Waals surface area (Å²) in [5, 5.41) is 0. The fraction of sp³-hybridized carbons (Fsp3) is 0.350. The van der Waals surface area contributed by atoms with Crippen LogP contribution in [-0.4, -0.2) is 41.3 Å². The third-order valence-electron chi connectivity index (χ3n) is 4.86. The van der Waals surface area contributed by atoms with Crippen LogP contribution in [-0.2, 0) is 4.79 Å². The predicted molar refractivity (Wildman–Crippen MR) is 97.6 cm³/mol. The second-order valence-corrected chi connectivity index (χ2v) is 6.76. The molecule has 0 bridgehead atoms. The molecular weight excluding hydrogens is 330 g/mol. The summed E-state index contributed by atoms with van der Waals surface area (Å²) >= 11 is 0. The molecule has 2 aromatic rings. The van der Waals surface area contributed by atoms with Gasteiger partial charge in [0, 0.05) is 19.3 Å². The first-order valence-corrected chi connectivity index (χ1v) is 8.96. The van der Waals surface area contributed by atoms with Crippen molar-refractivity contribution in [2.45, 2.75) is 26.2 Å². The maximum absolute atomic E-state index is 13.2. The van der Waals surface area contributed by atoms with E-state index >= 15 is 0 Å². The van der Waals surface area contributed by atoms with E-state index in [0.717, 1.165) is 37.9 Å². The number of rotatable bonds is 2. The Hall–Kier alpha value is -2.89. The molecule has 6 nitrogen and oxygen atoms in total. The van der Waals surface area contributed by atoms with Crippen LogP contribution >= 0.6 is 0 Å². The zero-order chi connectivity index (χ0) is 18.1. The minimum atomic E-state index is -0.261. The Kier molecular flexibility index (Phi) is 4.32. The molecule has 0 spiro atoms. The lowest BCUT2D eigenvalue weighted by Crippen LogP contribution is -2.44. The molecule has 0 unspecified atom stereocenters. The number of hydrogen-bond acceptors (Lipinski definition) is 4. The highest BCUT2D eigenvalue weighted by Crippen LogP contribution is 2.38. The number of ether oxygens (including phenoxy) is 1. The predicted octanol–water partition coefficient (Wildman–Crippen LogP) is 3.16. The lowest BCUT2D eigenvalue weighted by Gasteiger charge is -2.30. The second-order valence-electron chi connectivity index (χ2n) is 6.76. The van der Waals surface area contributed by atoms with E-state index in [-0.39, 0.29) is 24.2 Å². The molecule has 3 heterocycles. The maximum Gasteiger partial charge on any atom is 0.264 e. The quantitative estimate of drug-likeness (QED) is 0.834. The standard InChI is InChI=1S/C20H21N3O3/c1-14-7-8-17-16(12-14)23(13-18(24)22-10-3-2-4-11-22)20(25)15-6-5-9-21-19(15)26-17/h5-9,12H,2-4,10-11,13H2,1H3. The summed E-state index contributed by atoms with van der Waals surface area (Å²) in [6, 6.07) is 9.00. The minimum absolute atomic E-state index is 0.00693. The number of aryl methyl sites for hydroxylation is 1. The molecule has 0 N–H and O–H groups in total. The van der Waals surface area contributed by atoms with Gasteiger partial charge in [0.2, 0.25) is 11.8 Å². The van der Waals surface area contributed by atoms with Crippen molar-refractivity contribution in [3.63, 3.8) is 0 Å². The van der Waals surface area contributed by atoms with Crippen LogP contribution < -0.4 is 9.64 Å². The van der Waals surface area contributed by atoms with Crippen molar-refractivity contribution in [1.82, 2.24) is 9.88 Å². The summed E-state index contributed by atoms with van der Waals surface area (Å²) in [6.45, 7) is 3.48. The highest BCUT2D eigenvalue weighted by Gasteiger charge is 2.31. The molecule has 2 aliphatic rings. The molecule has 0 saturated carbocycles. The highest BCUT2D eigenvalue weighted by molar-refractivity contribution is 6.11. The van der Waals surface area contributed by atoms with E-state index in [2.05, 4.69) is 4.98 Å². The Labute approximate surface area is 152 Å². The van der Waals surface area contributed by atoms with Crippen molar-refractivity contribution >= 4 is 17.5 Å². The van der Waals surface area contributed by atoms with Gasteiger partial charge in [0.15, 0.2) is 5.75 Å². The Bertz CT molecular complexity index is 859. The highest BCUT2D eigenvalue weighted by atomic mass is 16.5. The smallest absolute Gasteiger partial charge is 0.264 e. The molecule has 4 rings (SSSR count). The van der Waals surface area contributed by atoms with Crippen molar-refractivity contribution < 1.29 is 14.3 Å². The lowest BCUT2D eigenvalue weighted by molar-refractivity contribution is -0.130. The van der Waals surface area contributed by atoms with E-state index in [1.807, 2.05) is 30.0 Å². The van der Waals surface area contributed by atoms with Gasteiger partial charge >= 0.3 is 0 Å². The van der Waals surface area contributed by atoms with E-state index in [9.17, 15) is 9.59 Å². The van der Waals surface area contributed by atoms with E-state index in [1.165, 1.54) is 4.90 Å². The fourth-order valence-corrected chi connectivity index (χ4v) is 3.45. The maximum atomic E-state index is 13.2. The first-order chi connectivity index (χ1) is 12.6. The molecule has 134 valence electrons. The molecular formula is C20H21N3O3. The van der Waals surface area contributed by atoms with Crippen molar-refractivity contribution in [2.24, 2.45) is 0 Å². The largest absolute Gasteiger partial charge is 0.436 e. The van der Waals surface area contributed by atoms with Crippen molar-refractivity contribution in [1.29, 1.82) is 0 Å². The monoisotopic (exact) mass is 351 g/mol. The average Bonchev–Trinajstić information content (AvgIpc) is 2.78. The summed E-state index contributed by atoms with van der Waals surface area (Å²) in [5.74, 6) is 0.518. The average molecular weight is 351 g/mol. The topological polar surface area (TPSA) is 62.7 Å². The van der Waals surface area contributed by atoms with Crippen LogP contribution in [0.5, 0.6) is 11.6 Å². The summed E-state index contributed by atoms with van der Waals surface area (Å²) in [5.41, 5.74) is 1.97. The SMILES string of the molecule is Cc1ccc2c(c1)N(CC(=O)N1CCCCC1)C(=O)c1cccnc1O2. The van der Waals surface area contributed by atoms with Crippen molar-refractivity contribution in [2.75, 3.05) is 24.5 Å². The summed E-state index contributed by atoms with van der Waals surface area (Å²) < 4.78 is 5.89. The van der Waals surface area contributed by atoms with Crippen LogP contribution in [0.25, 0.3) is 0 Å². The third kappa shape index (κ3) is 3.03. The van der Waals surface area contributed by atoms with Crippen LogP contribution in [0.15, 0.2) is 36.5 Å². The fourth-order valence-electron chi connectivity index (χ4n) is 3.45. The molecule has 1 fully saturated rings. The molecule has 0 aliphatic carbocycles. The van der Waals surface area contributed by atoms with E-state index in [1.54, 1.807) is 18.3 Å². The Morgan fingerprint density at radius 3 is 2.81 bits per heavy atom. The summed E-state index contributed by atoms with van der Waals surface area (Å²) in [7, 11) is 0. The first kappa shape index (κ1) is 16.6. The van der Waals surface area contributed by atoms with Gasteiger partial charge in [-0.1, -0.05) is 6.07 Å². The van der Waals surface area contributed by atoms with Gasteiger partial charge in [-0.15, -0.1) is 0 Å². The van der Waals surface area contributed by atoms with Gasteiger partial charge < -0.3 is 9.64 Å². The van der Waals surface area contributed by atoms with Crippen LogP contribution in [0.4, 0.5) is 5.69 Å². The molecule has 0 radical (unpaired) electrons. The number of anilines is 1. The number of nitrogens with zero attached hydrogens (tertiary/aromatic N) is 3. The van der Waals surface area contributed by atoms with Gasteiger partial charge in [0.05, 0.1) is 5.69 Å². The van der Waals surface area contributed by atoms with Gasteiger partial charge in [-0.05, 0) is 56.0 Å². The number of likely N-dealkylation sites (tertiary alicyclic amines) is 1. The molecule has 1 aromatic heterocycles. The number of carbonyl (C=O) groups is 2. The number of carbonyl (C=O) groups excluding carboxylic acids is 2. The van der Waals surface area contributed by atoms with Crippen molar-refractivity contribution in [3.05, 3.63) is 47.7 Å². The Morgan fingerprint density at radius 1 is 1.19 bits per heavy atom. The van der Waals surface area contributed by atoms with E-state index in [0.29, 0.717) is 17.0 Å². The van der Waals surface area contributed by atoms with Gasteiger partial charge in [-0.25, -0.2) is 4.98 Å². The lowest BCUT2D eigenvalue weighted by atomic mass is 10.1. The number of pyridine rings is 1. The van der Waals surface area contributed by atoms with Gasteiger partial charge in [0.25, 0.3) is 5.91 Å². The summed E-state index contributed by atoms with van der Waals surface area (Å²) in [4.78, 5) is 33.5. The Morgan fingerprint density at radius 2 is 2.00 bits per heavy atom. The van der Waals surface area contributed by atoms with Gasteiger partial charge in [-0.3, -0.25) is 14.5 Å². The van der Waals surface area contributed by atoms with Gasteiger partial charge in [-0.2, -0.15) is 0 Å². The Balaban J connectivity index is 1.72. The minimum Gasteiger partial charge on any atom is -0.436 e. The zero-order valence-corrected chi connectivity index (χ0v) is 14.8. The second kappa shape index (κ2) is 6.78. The van der Waals surface area contributed by atoms with Crippen molar-refractivity contribution in [3.8, 4) is 11.6 Å². The molecule has 0 atom stereocenters. The number of benzene rings is 1. The number of piperidine rings is 1. The third-order valence-corrected chi connectivity index (χ3v) is 4.86. The zero-order valence-electron chi connectivity index (χ0n) is 14.8. The molecule has 2 amide bonds.